The molecule has 0 fully saturated rings. The Labute approximate surface area is 180 Å². The molecule has 24 heavy (non-hydrogen) atoms. The summed E-state index contributed by atoms with van der Waals surface area (Å²) in [5, 5.41) is 0.860. The summed E-state index contributed by atoms with van der Waals surface area (Å²) in [5.41, 5.74) is 0. The number of hydrogen-bond donors (Lipinski definition) is 0. The second kappa shape index (κ2) is 11.9. The quantitative estimate of drug-likeness (QED) is 0.250. The van der Waals surface area contributed by atoms with Crippen LogP contribution in [0.4, 0.5) is 0 Å². The van der Waals surface area contributed by atoms with Crippen molar-refractivity contribution in [2.75, 3.05) is 6.61 Å². The molecule has 0 saturated carbocycles. The zero-order chi connectivity index (χ0) is 18.8. The summed E-state index contributed by atoms with van der Waals surface area (Å²) >= 11 is 10.2. The van der Waals surface area contributed by atoms with Gasteiger partial charge in [-0.3, -0.25) is 0 Å². The maximum Gasteiger partial charge on any atom is 0.193 e. The highest BCUT2D eigenvalue weighted by atomic mass is 127. The Balaban J connectivity index is 0.00000163. The molecule has 0 radical (unpaired) electrons. The van der Waals surface area contributed by atoms with Crippen molar-refractivity contribution in [3.8, 4) is 5.75 Å². The third-order valence-corrected chi connectivity index (χ3v) is 8.90. The van der Waals surface area contributed by atoms with Gasteiger partial charge in [0.15, 0.2) is 8.32 Å². The van der Waals surface area contributed by atoms with Crippen molar-refractivity contribution in [2.24, 2.45) is 0 Å². The Morgan fingerprint density at radius 1 is 1.29 bits per heavy atom. The molecule has 0 saturated heterocycles. The van der Waals surface area contributed by atoms with Crippen molar-refractivity contribution in [3.63, 3.8) is 0 Å². The molecule has 0 N–H and O–H groups in total. The van der Waals surface area contributed by atoms with E-state index < -0.39 is 8.32 Å². The lowest BCUT2D eigenvalue weighted by atomic mass is 10.2. The fourth-order valence-electron chi connectivity index (χ4n) is 1.50. The largest absolute Gasteiger partial charge is 0.491 e. The molecule has 6 heteroatoms. The number of halogens is 3. The third kappa shape index (κ3) is 9.79. The van der Waals surface area contributed by atoms with Gasteiger partial charge in [-0.2, -0.15) is 0 Å². The Bertz CT molecular complexity index is 528. The SMILES string of the molecule is C=CI.CC(C)(C)[Si](C)(C)O[C@H](/C=C/I)COc1cccc(Cl)c1. The number of hydrogen-bond acceptors (Lipinski definition) is 2. The minimum atomic E-state index is -1.81. The van der Waals surface area contributed by atoms with Crippen LogP contribution in [-0.4, -0.2) is 21.0 Å². The van der Waals surface area contributed by atoms with E-state index in [1.807, 2.05) is 34.4 Å². The molecule has 0 bridgehead atoms. The van der Waals surface area contributed by atoms with Gasteiger partial charge in [-0.1, -0.05) is 90.2 Å². The van der Waals surface area contributed by atoms with Gasteiger partial charge >= 0.3 is 0 Å². The van der Waals surface area contributed by atoms with Gasteiger partial charge in [0, 0.05) is 5.02 Å². The lowest BCUT2D eigenvalue weighted by molar-refractivity contribution is 0.150. The van der Waals surface area contributed by atoms with E-state index in [9.17, 15) is 0 Å². The van der Waals surface area contributed by atoms with Crippen molar-refractivity contribution >= 4 is 65.1 Å². The number of rotatable bonds is 6. The van der Waals surface area contributed by atoms with Gasteiger partial charge in [0.2, 0.25) is 0 Å². The fraction of sp³-hybridized carbons (Fsp3) is 0.444. The van der Waals surface area contributed by atoms with E-state index in [0.29, 0.717) is 11.6 Å². The summed E-state index contributed by atoms with van der Waals surface area (Å²) in [6, 6.07) is 7.44. The molecule has 0 aromatic heterocycles. The molecule has 0 aliphatic rings. The number of benzene rings is 1. The van der Waals surface area contributed by atoms with Crippen LogP contribution in [0.15, 0.2) is 45.1 Å². The van der Waals surface area contributed by atoms with Gasteiger partial charge in [-0.15, -0.1) is 0 Å². The minimum absolute atomic E-state index is 0.0400. The summed E-state index contributed by atoms with van der Waals surface area (Å²) in [6.45, 7) is 15.1. The maximum atomic E-state index is 6.38. The van der Waals surface area contributed by atoms with Crippen molar-refractivity contribution in [3.05, 3.63) is 50.1 Å². The first-order valence-corrected chi connectivity index (χ1v) is 13.4. The smallest absolute Gasteiger partial charge is 0.193 e. The molecule has 0 heterocycles. The molecular formula is C18H27ClI2O2Si. The second-order valence-electron chi connectivity index (χ2n) is 6.66. The van der Waals surface area contributed by atoms with Crippen molar-refractivity contribution in [2.45, 2.75) is 45.0 Å². The Morgan fingerprint density at radius 3 is 2.33 bits per heavy atom. The average molecular weight is 593 g/mol. The molecule has 0 spiro atoms. The van der Waals surface area contributed by atoms with Gasteiger partial charge in [0.25, 0.3) is 0 Å². The van der Waals surface area contributed by atoms with Gasteiger partial charge < -0.3 is 9.16 Å². The summed E-state index contributed by atoms with van der Waals surface area (Å²) in [4.78, 5) is 0. The van der Waals surface area contributed by atoms with E-state index in [0.717, 1.165) is 5.75 Å². The van der Waals surface area contributed by atoms with Crippen LogP contribution in [-0.2, 0) is 4.43 Å². The summed E-state index contributed by atoms with van der Waals surface area (Å²) in [7, 11) is -1.81. The van der Waals surface area contributed by atoms with Crippen molar-refractivity contribution in [1.29, 1.82) is 0 Å². The Hall–Kier alpha value is 0.427. The van der Waals surface area contributed by atoms with Gasteiger partial charge in [-0.05, 0) is 50.6 Å². The topological polar surface area (TPSA) is 18.5 Å². The second-order valence-corrected chi connectivity index (χ2v) is 13.5. The van der Waals surface area contributed by atoms with Crippen LogP contribution in [0.2, 0.25) is 23.2 Å². The van der Waals surface area contributed by atoms with E-state index in [-0.39, 0.29) is 11.1 Å². The Kier molecular flexibility index (Phi) is 12.1. The highest BCUT2D eigenvalue weighted by Crippen LogP contribution is 2.37. The molecule has 0 aliphatic heterocycles. The summed E-state index contributed by atoms with van der Waals surface area (Å²) < 4.78 is 15.9. The predicted octanol–water partition coefficient (Wildman–Crippen LogP) is 7.62. The van der Waals surface area contributed by atoms with E-state index >= 15 is 0 Å². The first-order chi connectivity index (χ1) is 11.1. The van der Waals surface area contributed by atoms with Crippen LogP contribution >= 0.6 is 56.8 Å². The Morgan fingerprint density at radius 2 is 1.88 bits per heavy atom. The molecule has 1 rings (SSSR count). The molecule has 1 aromatic rings. The standard InChI is InChI=1S/C16H24ClIO2Si.C2H3I/c1-16(2,3)21(4,5)20-15(9-10-18)12-19-14-8-6-7-13(17)11-14;1-2-3/h6-11,15H,12H2,1-5H3;2H,1H2/b10-9+;/t15-;/m1./s1. The van der Waals surface area contributed by atoms with Crippen LogP contribution in [0.3, 0.4) is 0 Å². The van der Waals surface area contributed by atoms with E-state index in [4.69, 9.17) is 20.8 Å². The normalized spacial score (nSPS) is 13.2. The van der Waals surface area contributed by atoms with Gasteiger partial charge in [0.05, 0.1) is 6.10 Å². The molecule has 136 valence electrons. The van der Waals surface area contributed by atoms with E-state index in [2.05, 4.69) is 85.6 Å². The molecule has 0 aliphatic carbocycles. The van der Waals surface area contributed by atoms with Crippen LogP contribution in [0, 0.1) is 0 Å². The van der Waals surface area contributed by atoms with Crippen LogP contribution < -0.4 is 4.74 Å². The summed E-state index contributed by atoms with van der Waals surface area (Å²) in [6.07, 6.45) is 2.01. The molecular weight excluding hydrogens is 566 g/mol. The third-order valence-electron chi connectivity index (χ3n) is 3.75. The van der Waals surface area contributed by atoms with Crippen LogP contribution in [0.1, 0.15) is 20.8 Å². The minimum Gasteiger partial charge on any atom is -0.491 e. The zero-order valence-electron chi connectivity index (χ0n) is 15.0. The van der Waals surface area contributed by atoms with E-state index in [1.165, 1.54) is 0 Å². The van der Waals surface area contributed by atoms with Crippen LogP contribution in [0.25, 0.3) is 0 Å². The molecule has 0 amide bonds. The lowest BCUT2D eigenvalue weighted by Gasteiger charge is -2.38. The van der Waals surface area contributed by atoms with Gasteiger partial charge in [-0.25, -0.2) is 0 Å². The average Bonchev–Trinajstić information content (AvgIpc) is 2.44. The fourth-order valence-corrected chi connectivity index (χ4v) is 3.40. The van der Waals surface area contributed by atoms with Crippen LogP contribution in [0.5, 0.6) is 5.75 Å². The molecule has 1 atom stereocenters. The van der Waals surface area contributed by atoms with Crippen molar-refractivity contribution < 1.29 is 9.16 Å². The summed E-state index contributed by atoms with van der Waals surface area (Å²) in [5.74, 6) is 0.771. The molecule has 0 unspecified atom stereocenters. The zero-order valence-corrected chi connectivity index (χ0v) is 21.1. The van der Waals surface area contributed by atoms with Crippen molar-refractivity contribution in [1.82, 2.24) is 0 Å². The first-order valence-electron chi connectivity index (χ1n) is 7.61. The van der Waals surface area contributed by atoms with E-state index in [1.54, 1.807) is 4.08 Å². The highest BCUT2D eigenvalue weighted by Gasteiger charge is 2.38. The lowest BCUT2D eigenvalue weighted by Crippen LogP contribution is -2.44. The first kappa shape index (κ1) is 24.4. The monoisotopic (exact) mass is 592 g/mol. The predicted molar refractivity (Wildman–Crippen MR) is 126 cm³/mol. The molecule has 1 aromatic carbocycles. The number of ether oxygens (including phenoxy) is 1. The molecule has 2 nitrogen and oxygen atoms in total. The highest BCUT2D eigenvalue weighted by molar-refractivity contribution is 14.1. The van der Waals surface area contributed by atoms with Gasteiger partial charge in [0.1, 0.15) is 12.4 Å². The maximum absolute atomic E-state index is 6.38.